The highest BCUT2D eigenvalue weighted by atomic mass is 31.0. The van der Waals surface area contributed by atoms with Gasteiger partial charge in [0.05, 0.1) is 11.7 Å². The normalized spacial score (nSPS) is 20.8. The first kappa shape index (κ1) is 20.5. The van der Waals surface area contributed by atoms with Gasteiger partial charge in [0.1, 0.15) is 0 Å². The molecule has 0 saturated carbocycles. The Kier molecular flexibility index (Phi) is 7.25. The Morgan fingerprint density at radius 3 is 2.88 bits per heavy atom. The lowest BCUT2D eigenvalue weighted by atomic mass is 9.87. The molecule has 138 valence electrons. The molecule has 3 nitrogen and oxygen atoms in total. The van der Waals surface area contributed by atoms with E-state index in [-0.39, 0.29) is 11.5 Å². The summed E-state index contributed by atoms with van der Waals surface area (Å²) in [6.45, 7) is 10.8. The number of benzene rings is 1. The van der Waals surface area contributed by atoms with Gasteiger partial charge in [-0.3, -0.25) is 9.98 Å². The fourth-order valence-corrected chi connectivity index (χ4v) is 3.50. The number of nitrogens with two attached hydrogens (primary N) is 1. The first-order chi connectivity index (χ1) is 12.4. The quantitative estimate of drug-likeness (QED) is 0.383. The molecule has 0 spiro atoms. The van der Waals surface area contributed by atoms with Gasteiger partial charge in [0.15, 0.2) is 0 Å². The average molecular weight is 367 g/mol. The summed E-state index contributed by atoms with van der Waals surface area (Å²) >= 11 is 0. The van der Waals surface area contributed by atoms with Crippen LogP contribution in [0.1, 0.15) is 50.3 Å². The molecule has 0 saturated heterocycles. The van der Waals surface area contributed by atoms with Crippen molar-refractivity contribution >= 4 is 32.3 Å². The lowest BCUT2D eigenvalue weighted by Crippen LogP contribution is -2.17. The minimum absolute atomic E-state index is 0.0501. The maximum absolute atomic E-state index is 5.76. The van der Waals surface area contributed by atoms with Crippen LogP contribution in [0.5, 0.6) is 0 Å². The molecule has 2 atom stereocenters. The molecule has 4 heteroatoms. The van der Waals surface area contributed by atoms with Crippen LogP contribution in [-0.2, 0) is 6.42 Å². The van der Waals surface area contributed by atoms with Gasteiger partial charge >= 0.3 is 0 Å². The Morgan fingerprint density at radius 2 is 2.23 bits per heavy atom. The molecule has 0 aliphatic carbocycles. The molecule has 1 heterocycles. The van der Waals surface area contributed by atoms with Crippen molar-refractivity contribution in [1.29, 1.82) is 0 Å². The van der Waals surface area contributed by atoms with Crippen LogP contribution >= 0.6 is 8.86 Å². The predicted octanol–water partition coefficient (Wildman–Crippen LogP) is 4.73. The van der Waals surface area contributed by atoms with Gasteiger partial charge in [0.2, 0.25) is 0 Å². The number of nitrogens with zero attached hydrogens (tertiary/aromatic N) is 2. The Hall–Kier alpha value is -1.83. The van der Waals surface area contributed by atoms with Crippen molar-refractivity contribution in [3.8, 4) is 0 Å². The standard InChI is InChI=1S/C22H30N3P/c1-5-6-16(2)25-17(3)11-19-12-18(14-26)7-8-20(19)21-13-22(4,9-10-23)15-24-21/h5,7-8,12-15,17,26H,1,6,9-11,23H2,2-4H3/b25-16-. The highest BCUT2D eigenvalue weighted by Gasteiger charge is 2.25. The van der Waals surface area contributed by atoms with Crippen LogP contribution in [0.3, 0.4) is 0 Å². The molecule has 26 heavy (non-hydrogen) atoms. The second-order valence-corrected chi connectivity index (χ2v) is 7.59. The molecule has 2 unspecified atom stereocenters. The molecule has 0 radical (unpaired) electrons. The van der Waals surface area contributed by atoms with Gasteiger partial charge in [-0.25, -0.2) is 0 Å². The number of rotatable bonds is 9. The monoisotopic (exact) mass is 367 g/mol. The second-order valence-electron chi connectivity index (χ2n) is 7.30. The zero-order chi connectivity index (χ0) is 19.2. The third-order valence-corrected chi connectivity index (χ3v) is 4.95. The number of hydrogen-bond acceptors (Lipinski definition) is 3. The molecule has 0 aromatic heterocycles. The van der Waals surface area contributed by atoms with Crippen molar-refractivity contribution in [3.63, 3.8) is 0 Å². The lowest BCUT2D eigenvalue weighted by molar-refractivity contribution is 0.567. The minimum atomic E-state index is -0.0501. The third-order valence-electron chi connectivity index (χ3n) is 4.62. The highest BCUT2D eigenvalue weighted by molar-refractivity contribution is 7.19. The van der Waals surface area contributed by atoms with E-state index in [0.29, 0.717) is 6.54 Å². The van der Waals surface area contributed by atoms with Crippen molar-refractivity contribution in [2.75, 3.05) is 6.54 Å². The van der Waals surface area contributed by atoms with Crippen LogP contribution < -0.4 is 5.73 Å². The Balaban J connectivity index is 2.34. The van der Waals surface area contributed by atoms with E-state index in [9.17, 15) is 0 Å². The molecular weight excluding hydrogens is 337 g/mol. The SMILES string of the molecule is C=CC/C(C)=N\C(C)Cc1cc(C=P)ccc1C1=CC(C)(CCN)C=N1. The largest absolute Gasteiger partial charge is 0.330 e. The first-order valence-electron chi connectivity index (χ1n) is 9.17. The molecule has 2 N–H and O–H groups in total. The van der Waals surface area contributed by atoms with Crippen LogP contribution in [0.15, 0.2) is 46.9 Å². The lowest BCUT2D eigenvalue weighted by Gasteiger charge is -2.16. The molecular formula is C22H30N3P. The summed E-state index contributed by atoms with van der Waals surface area (Å²) in [5.41, 5.74) is 11.5. The molecule has 1 aromatic rings. The van der Waals surface area contributed by atoms with Crippen LogP contribution in [0.4, 0.5) is 0 Å². The average Bonchev–Trinajstić information content (AvgIpc) is 2.96. The van der Waals surface area contributed by atoms with E-state index in [1.807, 2.05) is 18.1 Å². The van der Waals surface area contributed by atoms with Gasteiger partial charge in [-0.1, -0.05) is 31.2 Å². The summed E-state index contributed by atoms with van der Waals surface area (Å²) in [6, 6.07) is 6.69. The summed E-state index contributed by atoms with van der Waals surface area (Å²) in [7, 11) is 3.49. The van der Waals surface area contributed by atoms with Crippen LogP contribution in [0.2, 0.25) is 0 Å². The van der Waals surface area contributed by atoms with Gasteiger partial charge in [0, 0.05) is 29.3 Å². The third kappa shape index (κ3) is 5.33. The summed E-state index contributed by atoms with van der Waals surface area (Å²) in [4.78, 5) is 9.49. The minimum Gasteiger partial charge on any atom is -0.330 e. The smallest absolute Gasteiger partial charge is 0.0670 e. The second kappa shape index (κ2) is 9.21. The van der Waals surface area contributed by atoms with E-state index in [0.717, 1.165) is 36.2 Å². The molecule has 0 fully saturated rings. The Labute approximate surface area is 160 Å². The Bertz CT molecular complexity index is 761. The van der Waals surface area contributed by atoms with Gasteiger partial charge in [-0.05, 0) is 56.2 Å². The van der Waals surface area contributed by atoms with E-state index in [1.54, 1.807) is 0 Å². The summed E-state index contributed by atoms with van der Waals surface area (Å²) in [5.74, 6) is 1.94. The fraction of sp³-hybridized carbons (Fsp3) is 0.409. The van der Waals surface area contributed by atoms with E-state index >= 15 is 0 Å². The van der Waals surface area contributed by atoms with Gasteiger partial charge in [0.25, 0.3) is 0 Å². The van der Waals surface area contributed by atoms with E-state index in [1.165, 1.54) is 11.1 Å². The fourth-order valence-electron chi connectivity index (χ4n) is 3.32. The predicted molar refractivity (Wildman–Crippen MR) is 119 cm³/mol. The summed E-state index contributed by atoms with van der Waals surface area (Å²) in [6.07, 6.45) is 8.78. The van der Waals surface area contributed by atoms with Gasteiger partial charge in [-0.2, -0.15) is 0 Å². The van der Waals surface area contributed by atoms with Crippen molar-refractivity contribution < 1.29 is 0 Å². The molecule has 0 amide bonds. The number of aliphatic imine (C=N–C) groups is 2. The van der Waals surface area contributed by atoms with E-state index in [4.69, 9.17) is 15.7 Å². The van der Waals surface area contributed by atoms with Crippen LogP contribution in [0, 0.1) is 5.41 Å². The zero-order valence-electron chi connectivity index (χ0n) is 16.1. The first-order valence-corrected chi connectivity index (χ1v) is 9.74. The van der Waals surface area contributed by atoms with Gasteiger partial charge in [-0.15, -0.1) is 15.4 Å². The maximum atomic E-state index is 5.76. The Morgan fingerprint density at radius 1 is 1.46 bits per heavy atom. The number of allylic oxidation sites excluding steroid dienone is 2. The molecule has 1 aliphatic heterocycles. The van der Waals surface area contributed by atoms with Crippen molar-refractivity contribution in [3.05, 3.63) is 53.6 Å². The molecule has 0 bridgehead atoms. The maximum Gasteiger partial charge on any atom is 0.0670 e. The van der Waals surface area contributed by atoms with E-state index < -0.39 is 0 Å². The molecule has 2 rings (SSSR count). The van der Waals surface area contributed by atoms with E-state index in [2.05, 4.69) is 60.5 Å². The summed E-state index contributed by atoms with van der Waals surface area (Å²) in [5, 5.41) is 0. The van der Waals surface area contributed by atoms with Crippen LogP contribution in [-0.4, -0.2) is 30.3 Å². The number of hydrogen-bond donors (Lipinski definition) is 1. The highest BCUT2D eigenvalue weighted by Crippen LogP contribution is 2.34. The van der Waals surface area contributed by atoms with Crippen molar-refractivity contribution in [2.45, 2.75) is 46.1 Å². The zero-order valence-corrected chi connectivity index (χ0v) is 17.1. The summed E-state index contributed by atoms with van der Waals surface area (Å²) < 4.78 is 0. The van der Waals surface area contributed by atoms with Crippen LogP contribution in [0.25, 0.3) is 5.70 Å². The topological polar surface area (TPSA) is 50.7 Å². The van der Waals surface area contributed by atoms with Crippen molar-refractivity contribution in [1.82, 2.24) is 0 Å². The molecule has 1 aliphatic rings. The molecule has 1 aromatic carbocycles. The van der Waals surface area contributed by atoms with Gasteiger partial charge < -0.3 is 5.73 Å². The van der Waals surface area contributed by atoms with Crippen molar-refractivity contribution in [2.24, 2.45) is 21.1 Å².